The molecule has 0 spiro atoms. The molecule has 0 aromatic heterocycles. The van der Waals surface area contributed by atoms with E-state index < -0.39 is 23.6 Å². The first-order valence-electron chi connectivity index (χ1n) is 5.53. The van der Waals surface area contributed by atoms with Crippen LogP contribution >= 0.6 is 0 Å². The fraction of sp³-hybridized carbons (Fsp3) is 0.700. The number of carbonyl (C=O) groups excluding carboxylic acids is 1. The Labute approximate surface area is 78.3 Å². The third kappa shape index (κ3) is 1.87. The fourth-order valence-corrected chi connectivity index (χ4v) is 1.24. The molecule has 0 aromatic carbocycles. The lowest BCUT2D eigenvalue weighted by molar-refractivity contribution is -0.129. The summed E-state index contributed by atoms with van der Waals surface area (Å²) in [5.74, 6) is -1.28. The van der Waals surface area contributed by atoms with Gasteiger partial charge in [-0.3, -0.25) is 4.79 Å². The van der Waals surface area contributed by atoms with E-state index in [2.05, 4.69) is 6.58 Å². The van der Waals surface area contributed by atoms with Crippen molar-refractivity contribution in [3.63, 3.8) is 0 Å². The first kappa shape index (κ1) is 5.79. The van der Waals surface area contributed by atoms with Crippen LogP contribution in [0.4, 0.5) is 0 Å². The van der Waals surface area contributed by atoms with Crippen molar-refractivity contribution < 1.29 is 8.95 Å². The molecule has 68 valence electrons. The molecule has 0 bridgehead atoms. The van der Waals surface area contributed by atoms with E-state index in [1.165, 1.54) is 0 Å². The van der Waals surface area contributed by atoms with E-state index in [-0.39, 0.29) is 12.1 Å². The molecule has 0 aliphatic carbocycles. The monoisotopic (exact) mass is 170 g/mol. The van der Waals surface area contributed by atoms with Crippen LogP contribution in [-0.4, -0.2) is 5.91 Å². The molecule has 0 aromatic rings. The van der Waals surface area contributed by atoms with Crippen LogP contribution in [0, 0.1) is 11.3 Å². The van der Waals surface area contributed by atoms with Crippen molar-refractivity contribution in [1.82, 2.24) is 5.31 Å². The maximum atomic E-state index is 11.8. The van der Waals surface area contributed by atoms with E-state index in [4.69, 9.17) is 4.15 Å². The lowest BCUT2D eigenvalue weighted by atomic mass is 9.76. The number of hydrogen-bond donors (Lipinski definition) is 1. The van der Waals surface area contributed by atoms with Crippen LogP contribution < -0.4 is 5.31 Å². The quantitative estimate of drug-likeness (QED) is 0.592. The second-order valence-electron chi connectivity index (χ2n) is 4.20. The zero-order valence-corrected chi connectivity index (χ0v) is 7.85. The molecule has 1 amide bonds. The second kappa shape index (κ2) is 2.92. The highest BCUT2D eigenvalue weighted by molar-refractivity contribution is 5.82. The molecule has 1 aliphatic rings. The van der Waals surface area contributed by atoms with Crippen LogP contribution in [0.5, 0.6) is 0 Å². The largest absolute Gasteiger partial charge is 0.330 e. The van der Waals surface area contributed by atoms with Crippen LogP contribution in [0.3, 0.4) is 0 Å². The molecule has 1 fully saturated rings. The standard InChI is InChI=1S/C10H17NO/c1-7-5-6-8(9(12)11-7)10(2,3)4/h8H,1,5-6H2,2-4H3,(H,11,12)/i6D2/hD. The maximum Gasteiger partial charge on any atom is 0.227 e. The molecule has 0 saturated carbocycles. The summed E-state index contributed by atoms with van der Waals surface area (Å²) in [6.45, 7) is 8.98. The van der Waals surface area contributed by atoms with E-state index in [1.54, 1.807) is 0 Å². The number of nitrogens with one attached hydrogen (secondary N) is 1. The lowest BCUT2D eigenvalue weighted by Gasteiger charge is -2.33. The van der Waals surface area contributed by atoms with Gasteiger partial charge in [0, 0.05) is 14.4 Å². The Bertz CT molecular complexity index is 306. The number of piperidine rings is 1. The highest BCUT2D eigenvalue weighted by atomic mass is 16.2. The minimum atomic E-state index is -1.61. The van der Waals surface area contributed by atoms with Crippen molar-refractivity contribution in [3.05, 3.63) is 12.3 Å². The minimum absolute atomic E-state index is 0.0458. The molecule has 1 heterocycles. The predicted molar refractivity (Wildman–Crippen MR) is 49.5 cm³/mol. The highest BCUT2D eigenvalue weighted by Gasteiger charge is 2.33. The normalized spacial score (nSPS) is 34.1. The molecule has 1 atom stereocenters. The van der Waals surface area contributed by atoms with Gasteiger partial charge in [-0.1, -0.05) is 27.4 Å². The first-order valence-corrected chi connectivity index (χ1v) is 4.08. The molecular formula is C10H17NO. The fourth-order valence-electron chi connectivity index (χ4n) is 1.24. The van der Waals surface area contributed by atoms with Gasteiger partial charge in [-0.15, -0.1) is 0 Å². The van der Waals surface area contributed by atoms with Crippen molar-refractivity contribution in [2.24, 2.45) is 11.3 Å². The maximum absolute atomic E-state index is 11.8. The van der Waals surface area contributed by atoms with E-state index in [9.17, 15) is 4.79 Å². The molecule has 0 radical (unpaired) electrons. The summed E-state index contributed by atoms with van der Waals surface area (Å²) in [7, 11) is 0. The van der Waals surface area contributed by atoms with Crippen molar-refractivity contribution in [2.75, 3.05) is 0 Å². The van der Waals surface area contributed by atoms with Gasteiger partial charge in [0.1, 0.15) is 0 Å². The van der Waals surface area contributed by atoms with Crippen LogP contribution in [0.25, 0.3) is 0 Å². The topological polar surface area (TPSA) is 29.1 Å². The molecule has 1 unspecified atom stereocenters. The molecule has 1 saturated heterocycles. The van der Waals surface area contributed by atoms with Gasteiger partial charge >= 0.3 is 0 Å². The summed E-state index contributed by atoms with van der Waals surface area (Å²) in [5.41, 5.74) is -0.258. The van der Waals surface area contributed by atoms with Gasteiger partial charge in [0.2, 0.25) is 5.91 Å². The SMILES string of the molecule is [2H]N1C(=C)CC([2H])([2H])C(C(C)(C)C)C1=O. The van der Waals surface area contributed by atoms with E-state index in [0.29, 0.717) is 0 Å². The summed E-state index contributed by atoms with van der Waals surface area (Å²) in [5, 5.41) is 0.733. The third-order valence-electron chi connectivity index (χ3n) is 1.89. The number of hydrogen-bond acceptors (Lipinski definition) is 1. The minimum Gasteiger partial charge on any atom is -0.330 e. The Morgan fingerprint density at radius 1 is 1.75 bits per heavy atom. The van der Waals surface area contributed by atoms with Gasteiger partial charge in [0.05, 0.1) is 0 Å². The van der Waals surface area contributed by atoms with E-state index in [1.807, 2.05) is 20.8 Å². The summed E-state index contributed by atoms with van der Waals surface area (Å²) in [6, 6.07) is 0. The van der Waals surface area contributed by atoms with Crippen molar-refractivity contribution >= 4 is 5.91 Å². The van der Waals surface area contributed by atoms with E-state index in [0.717, 1.165) is 5.31 Å². The lowest BCUT2D eigenvalue weighted by Crippen LogP contribution is -2.41. The average Bonchev–Trinajstić information content (AvgIpc) is 1.95. The van der Waals surface area contributed by atoms with Crippen LogP contribution in [0.2, 0.25) is 1.41 Å². The third-order valence-corrected chi connectivity index (χ3v) is 1.89. The van der Waals surface area contributed by atoms with Crippen LogP contribution in [0.1, 0.15) is 36.3 Å². The van der Waals surface area contributed by atoms with Gasteiger partial charge in [0.25, 0.3) is 0 Å². The predicted octanol–water partition coefficient (Wildman–Crippen LogP) is 2.07. The van der Waals surface area contributed by atoms with Gasteiger partial charge in [0.15, 0.2) is 1.41 Å². The van der Waals surface area contributed by atoms with Gasteiger partial charge < -0.3 is 5.31 Å². The first-order chi connectivity index (χ1) is 6.57. The second-order valence-corrected chi connectivity index (χ2v) is 4.20. The molecule has 1 aliphatic heterocycles. The zero-order chi connectivity index (χ0) is 12.0. The number of amides is 1. The smallest absolute Gasteiger partial charge is 0.227 e. The van der Waals surface area contributed by atoms with Crippen molar-refractivity contribution in [2.45, 2.75) is 33.6 Å². The van der Waals surface area contributed by atoms with E-state index >= 15 is 0 Å². The zero-order valence-electron chi connectivity index (χ0n) is 10.8. The Morgan fingerprint density at radius 2 is 2.33 bits per heavy atom. The van der Waals surface area contributed by atoms with Gasteiger partial charge in [-0.2, -0.15) is 0 Å². The molecule has 2 nitrogen and oxygen atoms in total. The molecular weight excluding hydrogens is 150 g/mol. The summed E-state index contributed by atoms with van der Waals surface area (Å²) in [4.78, 5) is 11.8. The van der Waals surface area contributed by atoms with Crippen LogP contribution in [-0.2, 0) is 4.79 Å². The Morgan fingerprint density at radius 3 is 2.83 bits per heavy atom. The summed E-state index contributed by atoms with van der Waals surface area (Å²) >= 11 is 0. The van der Waals surface area contributed by atoms with Gasteiger partial charge in [-0.25, -0.2) is 0 Å². The number of rotatable bonds is 0. The molecule has 12 heavy (non-hydrogen) atoms. The molecule has 1 rings (SSSR count). The van der Waals surface area contributed by atoms with Crippen molar-refractivity contribution in [1.29, 1.82) is 0 Å². The van der Waals surface area contributed by atoms with Gasteiger partial charge in [-0.05, 0) is 18.2 Å². The average molecular weight is 170 g/mol. The summed E-state index contributed by atoms with van der Waals surface area (Å²) in [6.07, 6.45) is -1.56. The van der Waals surface area contributed by atoms with Crippen LogP contribution in [0.15, 0.2) is 12.3 Å². The molecule has 1 N–H and O–H groups in total. The Hall–Kier alpha value is -0.790. The summed E-state index contributed by atoms with van der Waals surface area (Å²) < 4.78 is 23.2. The highest BCUT2D eigenvalue weighted by Crippen LogP contribution is 2.33. The van der Waals surface area contributed by atoms with Crippen molar-refractivity contribution in [3.8, 4) is 0 Å². The Balaban J connectivity index is 3.13. The Kier molecular flexibility index (Phi) is 1.41. The molecule has 2 heteroatoms. The number of allylic oxidation sites excluding steroid dienone is 1. The number of carbonyl (C=O) groups is 1.